The molecular weight excluding hydrogens is 585 g/mol. The summed E-state index contributed by atoms with van der Waals surface area (Å²) in [4.78, 5) is 37.2. The Kier molecular flexibility index (Phi) is 10.7. The van der Waals surface area contributed by atoms with Gasteiger partial charge in [-0.25, -0.2) is 14.8 Å². The Morgan fingerprint density at radius 2 is 1.87 bits per heavy atom. The molecule has 1 N–H and O–H groups in total. The van der Waals surface area contributed by atoms with Gasteiger partial charge in [0.2, 0.25) is 11.9 Å². The highest BCUT2D eigenvalue weighted by molar-refractivity contribution is 5.79. The largest absolute Gasteiger partial charge is 0.444 e. The van der Waals surface area contributed by atoms with Gasteiger partial charge < -0.3 is 24.3 Å². The summed E-state index contributed by atoms with van der Waals surface area (Å²) in [5.74, 6) is 0.560. The Balaban J connectivity index is 1.31. The number of fused-ring (bicyclic) bond motifs is 1. The number of pyridine rings is 1. The van der Waals surface area contributed by atoms with Gasteiger partial charge in [0.15, 0.2) is 0 Å². The molecule has 2 aromatic heterocycles. The molecule has 2 amide bonds. The minimum atomic E-state index is -0.672. The van der Waals surface area contributed by atoms with E-state index in [1.54, 1.807) is 13.2 Å². The highest BCUT2D eigenvalue weighted by Crippen LogP contribution is 2.30. The summed E-state index contributed by atoms with van der Waals surface area (Å²) in [5, 5.41) is 2.95. The first-order chi connectivity index (χ1) is 22.1. The Bertz CT molecular complexity index is 1630. The van der Waals surface area contributed by atoms with Gasteiger partial charge in [0, 0.05) is 64.0 Å². The van der Waals surface area contributed by atoms with Crippen LogP contribution in [0.1, 0.15) is 63.8 Å². The number of benzene rings is 2. The first-order valence-electron chi connectivity index (χ1n) is 16.0. The van der Waals surface area contributed by atoms with Crippen molar-refractivity contribution < 1.29 is 23.5 Å². The van der Waals surface area contributed by atoms with Crippen LogP contribution < -0.4 is 5.32 Å². The van der Waals surface area contributed by atoms with E-state index in [4.69, 9.17) is 14.5 Å². The number of piperidine rings is 1. The van der Waals surface area contributed by atoms with Crippen LogP contribution in [0.15, 0.2) is 66.9 Å². The molecule has 1 aliphatic heterocycles. The second-order valence-electron chi connectivity index (χ2n) is 13.0. The first kappa shape index (κ1) is 33.1. The lowest BCUT2D eigenvalue weighted by atomic mass is 9.95. The van der Waals surface area contributed by atoms with Crippen molar-refractivity contribution in [2.75, 3.05) is 26.8 Å². The molecule has 0 aliphatic carbocycles. The van der Waals surface area contributed by atoms with E-state index in [2.05, 4.69) is 20.9 Å². The highest BCUT2D eigenvalue weighted by Gasteiger charge is 2.30. The van der Waals surface area contributed by atoms with Gasteiger partial charge in [-0.05, 0) is 81.3 Å². The quantitative estimate of drug-likeness (QED) is 0.150. The number of hydrogen-bond donors (Lipinski definition) is 1. The maximum absolute atomic E-state index is 13.8. The Morgan fingerprint density at radius 3 is 2.61 bits per heavy atom. The lowest BCUT2D eigenvalue weighted by molar-refractivity contribution is -0.132. The van der Waals surface area contributed by atoms with Gasteiger partial charge in [-0.15, -0.1) is 0 Å². The van der Waals surface area contributed by atoms with E-state index in [-0.39, 0.29) is 18.2 Å². The highest BCUT2D eigenvalue weighted by atomic mass is 19.1. The van der Waals surface area contributed by atoms with E-state index in [0.717, 1.165) is 59.4 Å². The van der Waals surface area contributed by atoms with Gasteiger partial charge in [-0.2, -0.15) is 4.39 Å². The maximum Gasteiger partial charge on any atom is 0.407 e. The predicted molar refractivity (Wildman–Crippen MR) is 176 cm³/mol. The van der Waals surface area contributed by atoms with Crippen molar-refractivity contribution in [3.8, 4) is 11.1 Å². The number of methoxy groups -OCH3 is 1. The number of nitrogens with zero attached hydrogens (tertiary/aromatic N) is 4. The molecule has 0 bridgehead atoms. The minimum absolute atomic E-state index is 0.0170. The van der Waals surface area contributed by atoms with E-state index in [9.17, 15) is 14.0 Å². The molecular formula is C36H44FN5O4. The molecule has 244 valence electrons. The zero-order chi connectivity index (χ0) is 32.7. The second-order valence-corrected chi connectivity index (χ2v) is 13.0. The topological polar surface area (TPSA) is 98.6 Å². The van der Waals surface area contributed by atoms with E-state index in [1.807, 2.05) is 68.1 Å². The lowest BCUT2D eigenvalue weighted by Gasteiger charge is -2.34. The van der Waals surface area contributed by atoms with Crippen molar-refractivity contribution in [3.05, 3.63) is 84.2 Å². The first-order valence-corrected chi connectivity index (χ1v) is 16.0. The summed E-state index contributed by atoms with van der Waals surface area (Å²) in [6.45, 7) is 8.12. The Hall–Kier alpha value is -4.31. The zero-order valence-corrected chi connectivity index (χ0v) is 27.2. The molecule has 46 heavy (non-hydrogen) atoms. The fourth-order valence-corrected chi connectivity index (χ4v) is 6.11. The molecule has 1 fully saturated rings. The number of hydrogen-bond acceptors (Lipinski definition) is 6. The molecule has 10 heteroatoms. The second kappa shape index (κ2) is 14.9. The number of halogens is 1. The van der Waals surface area contributed by atoms with Crippen molar-refractivity contribution in [1.82, 2.24) is 24.8 Å². The monoisotopic (exact) mass is 629 g/mol. The molecule has 9 nitrogen and oxygen atoms in total. The van der Waals surface area contributed by atoms with Gasteiger partial charge in [0.05, 0.1) is 11.0 Å². The fourth-order valence-electron chi connectivity index (χ4n) is 6.11. The van der Waals surface area contributed by atoms with Crippen molar-refractivity contribution in [1.29, 1.82) is 0 Å². The van der Waals surface area contributed by atoms with E-state index in [1.165, 1.54) is 12.3 Å². The van der Waals surface area contributed by atoms with Crippen LogP contribution in [0, 0.1) is 5.95 Å². The smallest absolute Gasteiger partial charge is 0.407 e. The van der Waals surface area contributed by atoms with E-state index >= 15 is 0 Å². The molecule has 2 atom stereocenters. The molecule has 3 heterocycles. The molecule has 0 unspecified atom stereocenters. The molecule has 4 aromatic rings. The van der Waals surface area contributed by atoms with Crippen LogP contribution >= 0.6 is 0 Å². The van der Waals surface area contributed by atoms with Crippen LogP contribution in [0.25, 0.3) is 22.2 Å². The Morgan fingerprint density at radius 1 is 1.09 bits per heavy atom. The summed E-state index contributed by atoms with van der Waals surface area (Å²) in [7, 11) is 1.71. The van der Waals surface area contributed by atoms with E-state index < -0.39 is 23.7 Å². The number of rotatable bonds is 11. The number of alkyl carbamates (subject to hydrolysis) is 1. The van der Waals surface area contributed by atoms with Gasteiger partial charge in [-0.3, -0.25) is 4.79 Å². The average molecular weight is 630 g/mol. The van der Waals surface area contributed by atoms with Crippen LogP contribution in [0.3, 0.4) is 0 Å². The van der Waals surface area contributed by atoms with Crippen LogP contribution in [-0.2, 0) is 27.2 Å². The predicted octanol–water partition coefficient (Wildman–Crippen LogP) is 6.51. The number of aryl methyl sites for hydroxylation is 1. The van der Waals surface area contributed by atoms with E-state index in [0.29, 0.717) is 26.1 Å². The molecule has 2 aromatic carbocycles. The SMILES string of the molecule is COCCCn1c([C@@H]2CCCN(C(=O)C[C@@H](Cc3ccc(-c4ccnc(F)c4)cc3)NC(=O)OC(C)(C)C)C2)nc2ccccc21. The number of carbonyl (C=O) groups is 2. The third-order valence-corrected chi connectivity index (χ3v) is 8.19. The summed E-state index contributed by atoms with van der Waals surface area (Å²) >= 11 is 0. The third-order valence-electron chi connectivity index (χ3n) is 8.19. The number of nitrogens with one attached hydrogen (secondary N) is 1. The summed E-state index contributed by atoms with van der Waals surface area (Å²) < 4.78 is 26.8. The van der Waals surface area contributed by atoms with Gasteiger partial charge in [0.25, 0.3) is 0 Å². The number of para-hydroxylation sites is 2. The van der Waals surface area contributed by atoms with Crippen LogP contribution in [0.2, 0.25) is 0 Å². The van der Waals surface area contributed by atoms with Gasteiger partial charge in [-0.1, -0.05) is 36.4 Å². The van der Waals surface area contributed by atoms with Crippen molar-refractivity contribution >= 4 is 23.0 Å². The minimum Gasteiger partial charge on any atom is -0.444 e. The third kappa shape index (κ3) is 8.69. The number of aromatic nitrogens is 3. The lowest BCUT2D eigenvalue weighted by Crippen LogP contribution is -2.46. The summed E-state index contributed by atoms with van der Waals surface area (Å²) in [6, 6.07) is 18.5. The molecule has 0 saturated carbocycles. The molecule has 5 rings (SSSR count). The number of amides is 2. The molecule has 0 radical (unpaired) electrons. The van der Waals surface area contributed by atoms with Crippen LogP contribution in [-0.4, -0.2) is 69.9 Å². The molecule has 1 aliphatic rings. The number of carbonyl (C=O) groups excluding carboxylic acids is 2. The maximum atomic E-state index is 13.8. The molecule has 0 spiro atoms. The van der Waals surface area contributed by atoms with Crippen molar-refractivity contribution in [2.24, 2.45) is 0 Å². The summed E-state index contributed by atoms with van der Waals surface area (Å²) in [6.07, 6.45) is 4.14. The molecule has 1 saturated heterocycles. The van der Waals surface area contributed by atoms with Crippen LogP contribution in [0.5, 0.6) is 0 Å². The summed E-state index contributed by atoms with van der Waals surface area (Å²) in [5.41, 5.74) is 3.90. The zero-order valence-electron chi connectivity index (χ0n) is 27.2. The average Bonchev–Trinajstić information content (AvgIpc) is 3.39. The normalized spacial score (nSPS) is 15.9. The fraction of sp³-hybridized carbons (Fsp3) is 0.444. The standard InChI is InChI=1S/C36H44FN5O4/c1-36(2,3)46-35(44)39-29(21-25-12-14-26(15-13-25)27-16-17-38-32(37)22-27)23-33(43)41-18-7-9-28(24-41)34-40-30-10-5-6-11-31(30)42(34)19-8-20-45-4/h5-6,10-17,22,28-29H,7-9,18-21,23-24H2,1-4H3,(H,39,44)/t28-,29-/m1/s1. The van der Waals surface area contributed by atoms with Gasteiger partial charge in [0.1, 0.15) is 11.4 Å². The number of ether oxygens (including phenoxy) is 2. The number of likely N-dealkylation sites (tertiary alicyclic amines) is 1. The van der Waals surface area contributed by atoms with Crippen molar-refractivity contribution in [3.63, 3.8) is 0 Å². The van der Waals surface area contributed by atoms with Crippen molar-refractivity contribution in [2.45, 2.75) is 77.0 Å². The van der Waals surface area contributed by atoms with Gasteiger partial charge >= 0.3 is 6.09 Å². The van der Waals surface area contributed by atoms with Crippen LogP contribution in [0.4, 0.5) is 9.18 Å². The number of imidazole rings is 1. The Labute approximate surface area is 270 Å².